The highest BCUT2D eigenvalue weighted by Gasteiger charge is 2.50. The van der Waals surface area contributed by atoms with Gasteiger partial charge in [0.1, 0.15) is 0 Å². The van der Waals surface area contributed by atoms with Crippen molar-refractivity contribution in [1.29, 1.82) is 0 Å². The van der Waals surface area contributed by atoms with Crippen LogP contribution >= 0.6 is 0 Å². The zero-order valence-electron chi connectivity index (χ0n) is 17.1. The van der Waals surface area contributed by atoms with Crippen molar-refractivity contribution in [2.24, 2.45) is 0 Å². The van der Waals surface area contributed by atoms with Crippen molar-refractivity contribution in [3.63, 3.8) is 0 Å². The van der Waals surface area contributed by atoms with Gasteiger partial charge in [0.05, 0.1) is 0 Å². The number of hydrogen-bond donors (Lipinski definition) is 1. The minimum absolute atomic E-state index is 0.117. The van der Waals surface area contributed by atoms with Gasteiger partial charge in [-0.25, -0.2) is 0 Å². The van der Waals surface area contributed by atoms with Crippen molar-refractivity contribution in [2.45, 2.75) is 74.3 Å². The molecule has 5 nitrogen and oxygen atoms in total. The molecule has 1 heterocycles. The first-order valence-corrected chi connectivity index (χ1v) is 10.9. The van der Waals surface area contributed by atoms with Gasteiger partial charge in [-0.3, -0.25) is 0 Å². The Hall–Kier alpha value is -1.72. The van der Waals surface area contributed by atoms with E-state index in [1.54, 1.807) is 0 Å². The van der Waals surface area contributed by atoms with Crippen molar-refractivity contribution in [3.8, 4) is 0 Å². The zero-order chi connectivity index (χ0) is 19.1. The third-order valence-electron chi connectivity index (χ3n) is 7.27. The second kappa shape index (κ2) is 7.27. The molecule has 0 aliphatic heterocycles. The lowest BCUT2D eigenvalue weighted by atomic mass is 9.85. The Morgan fingerprint density at radius 1 is 1.11 bits per heavy atom. The summed E-state index contributed by atoms with van der Waals surface area (Å²) in [6, 6.07) is 12.2. The summed E-state index contributed by atoms with van der Waals surface area (Å²) < 4.78 is 5.74. The Labute approximate surface area is 167 Å². The highest BCUT2D eigenvalue weighted by atomic mass is 16.5. The van der Waals surface area contributed by atoms with Crippen LogP contribution in [-0.2, 0) is 5.41 Å². The molecule has 2 aromatic rings. The van der Waals surface area contributed by atoms with Gasteiger partial charge < -0.3 is 14.7 Å². The Kier molecular flexibility index (Phi) is 4.76. The van der Waals surface area contributed by atoms with E-state index in [-0.39, 0.29) is 5.41 Å². The Balaban J connectivity index is 1.16. The summed E-state index contributed by atoms with van der Waals surface area (Å²) in [5.74, 6) is 2.95. The van der Waals surface area contributed by atoms with Gasteiger partial charge in [0.25, 0.3) is 0 Å². The summed E-state index contributed by atoms with van der Waals surface area (Å²) in [6.07, 6.45) is 8.37. The standard InChI is InChI=1S/C23H32N4O/c1-27(2)18-10-8-17(9-11-18)21-25-22(26-28-21)23(12-13-23)15-24-20-14-19(20)16-6-4-3-5-7-16/h3-7,17-20,24H,8-15H2,1-2H3/t17?,18?,19-,20+/m1/s1. The monoisotopic (exact) mass is 380 g/mol. The molecule has 0 radical (unpaired) electrons. The Bertz CT molecular complexity index is 790. The van der Waals surface area contributed by atoms with Crippen LogP contribution in [0.15, 0.2) is 34.9 Å². The number of aromatic nitrogens is 2. The molecule has 1 aromatic heterocycles. The molecule has 1 aromatic carbocycles. The number of nitrogens with one attached hydrogen (secondary N) is 1. The van der Waals surface area contributed by atoms with E-state index in [0.29, 0.717) is 23.9 Å². The minimum Gasteiger partial charge on any atom is -0.339 e. The smallest absolute Gasteiger partial charge is 0.229 e. The molecule has 0 unspecified atom stereocenters. The molecule has 28 heavy (non-hydrogen) atoms. The quantitative estimate of drug-likeness (QED) is 0.791. The molecule has 3 saturated carbocycles. The largest absolute Gasteiger partial charge is 0.339 e. The van der Waals surface area contributed by atoms with Crippen LogP contribution in [-0.4, -0.2) is 47.8 Å². The van der Waals surface area contributed by atoms with Gasteiger partial charge >= 0.3 is 0 Å². The fourth-order valence-electron chi connectivity index (χ4n) is 4.90. The van der Waals surface area contributed by atoms with E-state index in [1.807, 2.05) is 0 Å². The Morgan fingerprint density at radius 3 is 2.54 bits per heavy atom. The van der Waals surface area contributed by atoms with Gasteiger partial charge in [-0.1, -0.05) is 35.5 Å². The van der Waals surface area contributed by atoms with Crippen LogP contribution in [0.5, 0.6) is 0 Å². The van der Waals surface area contributed by atoms with Gasteiger partial charge in [0.2, 0.25) is 5.89 Å². The van der Waals surface area contributed by atoms with E-state index in [0.717, 1.165) is 31.1 Å². The SMILES string of the molecule is CN(C)C1CCC(c2nc(C3(CN[C@H]4C[C@@H]4c4ccccc4)CC3)no2)CC1. The second-order valence-electron chi connectivity index (χ2n) is 9.45. The van der Waals surface area contributed by atoms with E-state index in [1.165, 1.54) is 37.7 Å². The normalized spacial score (nSPS) is 31.1. The van der Waals surface area contributed by atoms with Gasteiger partial charge in [0.15, 0.2) is 5.82 Å². The first kappa shape index (κ1) is 18.3. The summed E-state index contributed by atoms with van der Waals surface area (Å²) in [5.41, 5.74) is 1.58. The zero-order valence-corrected chi connectivity index (χ0v) is 17.1. The molecule has 1 N–H and O–H groups in total. The minimum atomic E-state index is 0.117. The van der Waals surface area contributed by atoms with Crippen LogP contribution in [0.3, 0.4) is 0 Å². The topological polar surface area (TPSA) is 54.2 Å². The number of hydrogen-bond acceptors (Lipinski definition) is 5. The van der Waals surface area contributed by atoms with E-state index >= 15 is 0 Å². The molecule has 3 aliphatic rings. The number of benzene rings is 1. The van der Waals surface area contributed by atoms with Crippen molar-refractivity contribution in [1.82, 2.24) is 20.4 Å². The Morgan fingerprint density at radius 2 is 1.86 bits per heavy atom. The summed E-state index contributed by atoms with van der Waals surface area (Å²) in [6.45, 7) is 0.980. The van der Waals surface area contributed by atoms with Crippen LogP contribution < -0.4 is 5.32 Å². The molecule has 3 aliphatic carbocycles. The molecular weight excluding hydrogens is 348 g/mol. The van der Waals surface area contributed by atoms with Crippen LogP contribution in [0, 0.1) is 0 Å². The third-order valence-corrected chi connectivity index (χ3v) is 7.27. The van der Waals surface area contributed by atoms with Crippen LogP contribution in [0.25, 0.3) is 0 Å². The summed E-state index contributed by atoms with van der Waals surface area (Å²) in [4.78, 5) is 7.23. The highest BCUT2D eigenvalue weighted by Crippen LogP contribution is 2.48. The first-order chi connectivity index (χ1) is 13.6. The lowest BCUT2D eigenvalue weighted by molar-refractivity contribution is 0.201. The summed E-state index contributed by atoms with van der Waals surface area (Å²) in [7, 11) is 4.36. The number of nitrogens with zero attached hydrogens (tertiary/aromatic N) is 3. The molecule has 5 rings (SSSR count). The molecular formula is C23H32N4O. The van der Waals surface area contributed by atoms with Crippen molar-refractivity contribution < 1.29 is 4.52 Å². The van der Waals surface area contributed by atoms with E-state index in [4.69, 9.17) is 9.51 Å². The molecule has 0 amide bonds. The van der Waals surface area contributed by atoms with Gasteiger partial charge in [-0.05, 0) is 64.6 Å². The van der Waals surface area contributed by atoms with Crippen LogP contribution in [0.1, 0.15) is 74.1 Å². The van der Waals surface area contributed by atoms with Crippen LogP contribution in [0.2, 0.25) is 0 Å². The van der Waals surface area contributed by atoms with Gasteiger partial charge in [0, 0.05) is 35.9 Å². The molecule has 150 valence electrons. The fourth-order valence-corrected chi connectivity index (χ4v) is 4.90. The molecule has 0 saturated heterocycles. The van der Waals surface area contributed by atoms with Gasteiger partial charge in [-0.2, -0.15) is 4.98 Å². The van der Waals surface area contributed by atoms with Gasteiger partial charge in [-0.15, -0.1) is 0 Å². The summed E-state index contributed by atoms with van der Waals surface area (Å²) in [5, 5.41) is 8.21. The maximum Gasteiger partial charge on any atom is 0.229 e. The second-order valence-corrected chi connectivity index (χ2v) is 9.45. The molecule has 2 atom stereocenters. The average Bonchev–Trinajstić information content (AvgIpc) is 3.64. The predicted octanol–water partition coefficient (Wildman–Crippen LogP) is 3.83. The molecule has 5 heteroatoms. The maximum absolute atomic E-state index is 5.74. The van der Waals surface area contributed by atoms with Crippen molar-refractivity contribution in [3.05, 3.63) is 47.6 Å². The number of rotatable bonds is 7. The van der Waals surface area contributed by atoms with Crippen molar-refractivity contribution >= 4 is 0 Å². The van der Waals surface area contributed by atoms with E-state index in [9.17, 15) is 0 Å². The van der Waals surface area contributed by atoms with E-state index < -0.39 is 0 Å². The lowest BCUT2D eigenvalue weighted by Crippen LogP contribution is -2.31. The molecule has 0 spiro atoms. The molecule has 3 fully saturated rings. The maximum atomic E-state index is 5.74. The summed E-state index contributed by atoms with van der Waals surface area (Å²) >= 11 is 0. The van der Waals surface area contributed by atoms with Crippen molar-refractivity contribution in [2.75, 3.05) is 20.6 Å². The fraction of sp³-hybridized carbons (Fsp3) is 0.652. The molecule has 0 bridgehead atoms. The lowest BCUT2D eigenvalue weighted by Gasteiger charge is -2.31. The first-order valence-electron chi connectivity index (χ1n) is 10.9. The average molecular weight is 381 g/mol. The predicted molar refractivity (Wildman–Crippen MR) is 109 cm³/mol. The third kappa shape index (κ3) is 3.62. The van der Waals surface area contributed by atoms with Crippen LogP contribution in [0.4, 0.5) is 0 Å². The van der Waals surface area contributed by atoms with E-state index in [2.05, 4.69) is 59.8 Å². The highest BCUT2D eigenvalue weighted by molar-refractivity contribution is 5.28.